The summed E-state index contributed by atoms with van der Waals surface area (Å²) in [6.07, 6.45) is 6.47. The summed E-state index contributed by atoms with van der Waals surface area (Å²) in [5.74, 6) is 1.49. The minimum absolute atomic E-state index is 0. The number of oxime groups is 1. The summed E-state index contributed by atoms with van der Waals surface area (Å²) in [6.45, 7) is 2.72. The van der Waals surface area contributed by atoms with Crippen molar-refractivity contribution in [2.75, 3.05) is 19.0 Å². The molecule has 0 saturated heterocycles. The van der Waals surface area contributed by atoms with E-state index in [-0.39, 0.29) is 54.6 Å². The monoisotopic (exact) mass is 497 g/mol. The Morgan fingerprint density at radius 3 is 2.58 bits per heavy atom. The molecule has 0 unspecified atom stereocenters. The lowest BCUT2D eigenvalue weighted by Crippen LogP contribution is -2.51. The molecule has 1 aromatic heterocycles. The molecule has 1 heterocycles. The van der Waals surface area contributed by atoms with Gasteiger partial charge in [0, 0.05) is 24.0 Å². The van der Waals surface area contributed by atoms with Crippen LogP contribution in [-0.2, 0) is 4.84 Å². The van der Waals surface area contributed by atoms with Crippen LogP contribution in [0.3, 0.4) is 0 Å². The fourth-order valence-electron chi connectivity index (χ4n) is 4.06. The molecule has 33 heavy (non-hydrogen) atoms. The van der Waals surface area contributed by atoms with E-state index in [1.807, 2.05) is 19.1 Å². The van der Waals surface area contributed by atoms with Crippen LogP contribution in [0.15, 0.2) is 23.4 Å². The summed E-state index contributed by atoms with van der Waals surface area (Å²) >= 11 is 0. The minimum atomic E-state index is -0.229. The van der Waals surface area contributed by atoms with Gasteiger partial charge < -0.3 is 26.5 Å². The first-order valence-corrected chi connectivity index (χ1v) is 11.0. The number of guanidine groups is 1. The molecule has 11 heteroatoms. The first kappa shape index (κ1) is 26.7. The first-order valence-electron chi connectivity index (χ1n) is 11.0. The van der Waals surface area contributed by atoms with Crippen molar-refractivity contribution in [3.05, 3.63) is 29.6 Å². The third-order valence-corrected chi connectivity index (χ3v) is 5.91. The molecule has 5 N–H and O–H groups in total. The molecule has 2 saturated carbocycles. The van der Waals surface area contributed by atoms with E-state index in [4.69, 9.17) is 10.6 Å². The molecule has 2 atom stereocenters. The van der Waals surface area contributed by atoms with Crippen molar-refractivity contribution in [1.82, 2.24) is 20.6 Å². The lowest BCUT2D eigenvalue weighted by atomic mass is 9.90. The van der Waals surface area contributed by atoms with Crippen LogP contribution >= 0.6 is 24.8 Å². The van der Waals surface area contributed by atoms with E-state index >= 15 is 0 Å². The third kappa shape index (κ3) is 6.98. The zero-order valence-electron chi connectivity index (χ0n) is 19.0. The average Bonchev–Trinajstić information content (AvgIpc) is 3.58. The Morgan fingerprint density at radius 2 is 1.88 bits per heavy atom. The van der Waals surface area contributed by atoms with E-state index in [1.54, 1.807) is 0 Å². The molecule has 4 rings (SSSR count). The van der Waals surface area contributed by atoms with Crippen molar-refractivity contribution < 1.29 is 9.63 Å². The lowest BCUT2D eigenvalue weighted by molar-refractivity contribution is 0.0942. The van der Waals surface area contributed by atoms with Crippen LogP contribution in [0.5, 0.6) is 0 Å². The SMILES string of the molecule is CO/N=C(/N)N[C@@H]1CCCC[C@@H]1Nc1nc(C(=O)NCC2CC2)nc2ccc(C)cc12.Cl.Cl. The Kier molecular flexibility index (Phi) is 9.79. The van der Waals surface area contributed by atoms with Gasteiger partial charge in [-0.05, 0) is 55.8 Å². The van der Waals surface area contributed by atoms with E-state index in [0.29, 0.717) is 18.3 Å². The van der Waals surface area contributed by atoms with Gasteiger partial charge in [-0.2, -0.15) is 0 Å². The second-order valence-corrected chi connectivity index (χ2v) is 8.52. The van der Waals surface area contributed by atoms with Crippen molar-refractivity contribution in [3.8, 4) is 0 Å². The van der Waals surface area contributed by atoms with Crippen molar-refractivity contribution in [2.45, 2.75) is 57.5 Å². The smallest absolute Gasteiger partial charge is 0.289 e. The topological polar surface area (TPSA) is 127 Å². The number of halogens is 2. The number of benzene rings is 1. The molecule has 1 amide bonds. The zero-order chi connectivity index (χ0) is 21.8. The fraction of sp³-hybridized carbons (Fsp3) is 0.545. The van der Waals surface area contributed by atoms with Gasteiger partial charge in [0.1, 0.15) is 12.9 Å². The summed E-state index contributed by atoms with van der Waals surface area (Å²) in [6, 6.07) is 6.15. The molecule has 1 aromatic carbocycles. The summed E-state index contributed by atoms with van der Waals surface area (Å²) in [7, 11) is 1.47. The van der Waals surface area contributed by atoms with Crippen molar-refractivity contribution in [2.24, 2.45) is 16.8 Å². The van der Waals surface area contributed by atoms with Crippen molar-refractivity contribution in [3.63, 3.8) is 0 Å². The molecule has 2 fully saturated rings. The number of aromatic nitrogens is 2. The number of fused-ring (bicyclic) bond motifs is 1. The molecular weight excluding hydrogens is 465 g/mol. The van der Waals surface area contributed by atoms with Gasteiger partial charge in [-0.15, -0.1) is 24.8 Å². The number of hydrogen-bond donors (Lipinski definition) is 4. The summed E-state index contributed by atoms with van der Waals surface area (Å²) < 4.78 is 0. The minimum Gasteiger partial charge on any atom is -0.396 e. The highest BCUT2D eigenvalue weighted by molar-refractivity contribution is 5.96. The molecule has 0 bridgehead atoms. The van der Waals surface area contributed by atoms with Gasteiger partial charge in [-0.1, -0.05) is 24.5 Å². The van der Waals surface area contributed by atoms with Crippen LogP contribution in [0.25, 0.3) is 10.9 Å². The maximum Gasteiger partial charge on any atom is 0.289 e. The fourth-order valence-corrected chi connectivity index (χ4v) is 4.06. The van der Waals surface area contributed by atoms with Gasteiger partial charge in [0.05, 0.1) is 5.52 Å². The molecule has 9 nitrogen and oxygen atoms in total. The van der Waals surface area contributed by atoms with Gasteiger partial charge in [-0.25, -0.2) is 9.97 Å². The lowest BCUT2D eigenvalue weighted by Gasteiger charge is -2.33. The van der Waals surface area contributed by atoms with Crippen LogP contribution in [0, 0.1) is 12.8 Å². The second kappa shape index (κ2) is 12.1. The Balaban J connectivity index is 0.00000193. The van der Waals surface area contributed by atoms with Gasteiger partial charge in [0.15, 0.2) is 0 Å². The molecule has 2 aliphatic rings. The highest BCUT2D eigenvalue weighted by Crippen LogP contribution is 2.28. The quantitative estimate of drug-likeness (QED) is 0.263. The standard InChI is InChI=1S/C22H31N7O2.2ClH/c1-13-7-10-16-15(11-13)19(28-20(25-16)21(30)24-12-14-8-9-14)26-17-5-3-4-6-18(17)27-22(23)29-31-2;;/h7,10-11,14,17-18H,3-6,8-9,12H2,1-2H3,(H,24,30)(H3,23,27,29)(H,25,26,28);2*1H/t17-,18+;;/m0../s1. The van der Waals surface area contributed by atoms with E-state index in [2.05, 4.69) is 37.1 Å². The maximum atomic E-state index is 12.7. The highest BCUT2D eigenvalue weighted by Gasteiger charge is 2.27. The molecule has 2 aliphatic carbocycles. The first-order chi connectivity index (χ1) is 15.0. The largest absolute Gasteiger partial charge is 0.396 e. The van der Waals surface area contributed by atoms with Gasteiger partial charge in [0.25, 0.3) is 5.91 Å². The van der Waals surface area contributed by atoms with Crippen LogP contribution in [0.4, 0.5) is 5.82 Å². The molecule has 0 radical (unpaired) electrons. The normalized spacial score (nSPS) is 20.2. The average molecular weight is 498 g/mol. The van der Waals surface area contributed by atoms with Crippen LogP contribution in [0.1, 0.15) is 54.7 Å². The Bertz CT molecular complexity index is 985. The molecule has 0 aliphatic heterocycles. The van der Waals surface area contributed by atoms with Crippen molar-refractivity contribution in [1.29, 1.82) is 0 Å². The van der Waals surface area contributed by atoms with Crippen LogP contribution < -0.4 is 21.7 Å². The Labute approximate surface area is 206 Å². The number of hydrogen-bond acceptors (Lipinski definition) is 6. The van der Waals surface area contributed by atoms with E-state index in [1.165, 1.54) is 20.0 Å². The number of aryl methyl sites for hydroxylation is 1. The molecule has 0 spiro atoms. The number of nitrogens with zero attached hydrogens (tertiary/aromatic N) is 3. The van der Waals surface area contributed by atoms with Gasteiger partial charge in [0.2, 0.25) is 11.8 Å². The number of nitrogens with two attached hydrogens (primary N) is 1. The zero-order valence-corrected chi connectivity index (χ0v) is 20.6. The van der Waals surface area contributed by atoms with E-state index in [0.717, 1.165) is 42.1 Å². The van der Waals surface area contributed by atoms with E-state index in [9.17, 15) is 4.79 Å². The number of carbonyl (C=O) groups is 1. The maximum absolute atomic E-state index is 12.7. The number of carbonyl (C=O) groups excluding carboxylic acids is 1. The summed E-state index contributed by atoms with van der Waals surface area (Å²) in [5, 5.41) is 14.5. The molecular formula is C22H33Cl2N7O2. The number of nitrogens with one attached hydrogen (secondary N) is 3. The summed E-state index contributed by atoms with van der Waals surface area (Å²) in [4.78, 5) is 26.6. The second-order valence-electron chi connectivity index (χ2n) is 8.52. The summed E-state index contributed by atoms with van der Waals surface area (Å²) in [5.41, 5.74) is 7.78. The van der Waals surface area contributed by atoms with Gasteiger partial charge in [-0.3, -0.25) is 4.79 Å². The molecule has 182 valence electrons. The van der Waals surface area contributed by atoms with Crippen molar-refractivity contribution >= 4 is 53.4 Å². The number of amides is 1. The third-order valence-electron chi connectivity index (χ3n) is 5.91. The molecule has 2 aromatic rings. The number of rotatable bonds is 7. The predicted molar refractivity (Wildman–Crippen MR) is 135 cm³/mol. The van der Waals surface area contributed by atoms with Crippen LogP contribution in [-0.4, -0.2) is 47.6 Å². The van der Waals surface area contributed by atoms with Crippen LogP contribution in [0.2, 0.25) is 0 Å². The van der Waals surface area contributed by atoms with E-state index < -0.39 is 0 Å². The highest BCUT2D eigenvalue weighted by atomic mass is 35.5. The predicted octanol–water partition coefficient (Wildman–Crippen LogP) is 3.11. The Morgan fingerprint density at radius 1 is 1.15 bits per heavy atom. The Hall–Kier alpha value is -2.52. The number of anilines is 1. The van der Waals surface area contributed by atoms with Gasteiger partial charge >= 0.3 is 0 Å².